The molecule has 0 aromatic rings. The lowest BCUT2D eigenvalue weighted by molar-refractivity contribution is -0.149. The van der Waals surface area contributed by atoms with Gasteiger partial charge in [0, 0.05) is 5.92 Å². The van der Waals surface area contributed by atoms with Gasteiger partial charge in [0.15, 0.2) is 0 Å². The van der Waals surface area contributed by atoms with Gasteiger partial charge in [-0.05, 0) is 25.7 Å². The zero-order valence-corrected chi connectivity index (χ0v) is 8.13. The Kier molecular flexibility index (Phi) is 3.42. The second-order valence-electron chi connectivity index (χ2n) is 3.82. The van der Waals surface area contributed by atoms with Gasteiger partial charge in [-0.25, -0.2) is 8.78 Å². The lowest BCUT2D eigenvalue weighted by Crippen LogP contribution is -2.51. The number of nitrogens with two attached hydrogens (primary N) is 1. The van der Waals surface area contributed by atoms with E-state index in [0.717, 1.165) is 0 Å². The highest BCUT2D eigenvalue weighted by Crippen LogP contribution is 2.34. The van der Waals surface area contributed by atoms with Crippen molar-refractivity contribution in [3.63, 3.8) is 0 Å². The van der Waals surface area contributed by atoms with Crippen molar-refractivity contribution in [3.05, 3.63) is 0 Å². The first-order chi connectivity index (χ1) is 6.49. The van der Waals surface area contributed by atoms with E-state index in [1.54, 1.807) is 0 Å². The normalized spacial score (nSPS) is 33.1. The van der Waals surface area contributed by atoms with Gasteiger partial charge < -0.3 is 10.5 Å². The van der Waals surface area contributed by atoms with Crippen LogP contribution in [0.25, 0.3) is 0 Å². The molecule has 14 heavy (non-hydrogen) atoms. The van der Waals surface area contributed by atoms with Crippen molar-refractivity contribution in [2.75, 3.05) is 7.11 Å². The predicted octanol–water partition coefficient (Wildman–Crippen LogP) is 1.31. The Hall–Kier alpha value is -0.710. The van der Waals surface area contributed by atoms with Gasteiger partial charge in [-0.2, -0.15) is 0 Å². The van der Waals surface area contributed by atoms with Crippen LogP contribution in [0.1, 0.15) is 25.7 Å². The van der Waals surface area contributed by atoms with Crippen molar-refractivity contribution >= 4 is 5.97 Å². The van der Waals surface area contributed by atoms with E-state index in [0.29, 0.717) is 12.8 Å². The minimum Gasteiger partial charge on any atom is -0.468 e. The Morgan fingerprint density at radius 1 is 1.50 bits per heavy atom. The molecule has 3 nitrogen and oxygen atoms in total. The maximum Gasteiger partial charge on any atom is 0.325 e. The first kappa shape index (κ1) is 11.4. The molecule has 0 spiro atoms. The van der Waals surface area contributed by atoms with E-state index in [1.165, 1.54) is 7.11 Å². The molecule has 1 fully saturated rings. The van der Waals surface area contributed by atoms with Crippen LogP contribution >= 0.6 is 0 Å². The van der Waals surface area contributed by atoms with Crippen LogP contribution in [0.2, 0.25) is 0 Å². The van der Waals surface area contributed by atoms with Crippen LogP contribution < -0.4 is 5.73 Å². The van der Waals surface area contributed by atoms with Crippen LogP contribution in [-0.4, -0.2) is 25.0 Å². The molecule has 1 aliphatic carbocycles. The Balaban J connectivity index is 2.53. The largest absolute Gasteiger partial charge is 0.468 e. The van der Waals surface area contributed by atoms with Gasteiger partial charge in [0.25, 0.3) is 0 Å². The van der Waals surface area contributed by atoms with Gasteiger partial charge >= 0.3 is 5.97 Å². The van der Waals surface area contributed by atoms with Crippen molar-refractivity contribution in [2.24, 2.45) is 11.7 Å². The summed E-state index contributed by atoms with van der Waals surface area (Å²) in [7, 11) is 1.26. The third kappa shape index (κ3) is 2.20. The number of halogens is 2. The van der Waals surface area contributed by atoms with E-state index in [4.69, 9.17) is 5.73 Å². The lowest BCUT2D eigenvalue weighted by Gasteiger charge is -2.34. The molecule has 0 heterocycles. The van der Waals surface area contributed by atoms with Crippen LogP contribution in [0.3, 0.4) is 0 Å². The highest BCUT2D eigenvalue weighted by molar-refractivity contribution is 5.80. The van der Waals surface area contributed by atoms with E-state index in [1.807, 2.05) is 0 Å². The van der Waals surface area contributed by atoms with Gasteiger partial charge in [0.1, 0.15) is 5.54 Å². The third-order valence-corrected chi connectivity index (χ3v) is 2.87. The summed E-state index contributed by atoms with van der Waals surface area (Å²) in [5, 5.41) is 0. The highest BCUT2D eigenvalue weighted by atomic mass is 19.3. The van der Waals surface area contributed by atoms with E-state index >= 15 is 0 Å². The first-order valence-electron chi connectivity index (χ1n) is 4.65. The molecule has 0 saturated heterocycles. The summed E-state index contributed by atoms with van der Waals surface area (Å²) in [5.41, 5.74) is 4.71. The monoisotopic (exact) mass is 207 g/mol. The Morgan fingerprint density at radius 3 is 2.36 bits per heavy atom. The molecule has 1 saturated carbocycles. The quantitative estimate of drug-likeness (QED) is 0.694. The second-order valence-corrected chi connectivity index (χ2v) is 3.82. The SMILES string of the molecule is COC(=O)C1(N)CCC(C(F)F)CC1. The average Bonchev–Trinajstić information content (AvgIpc) is 2.17. The molecule has 0 aliphatic heterocycles. The number of methoxy groups -OCH3 is 1. The minimum absolute atomic E-state index is 0.286. The molecule has 0 bridgehead atoms. The molecule has 0 amide bonds. The maximum atomic E-state index is 12.3. The van der Waals surface area contributed by atoms with Crippen LogP contribution in [0.15, 0.2) is 0 Å². The molecule has 5 heteroatoms. The standard InChI is InChI=1S/C9H15F2NO2/c1-14-8(13)9(12)4-2-6(3-5-9)7(10)11/h6-7H,2-5,12H2,1H3. The Labute approximate surface area is 81.6 Å². The average molecular weight is 207 g/mol. The number of hydrogen-bond acceptors (Lipinski definition) is 3. The summed E-state index contributed by atoms with van der Waals surface area (Å²) < 4.78 is 29.1. The Bertz CT molecular complexity index is 213. The van der Waals surface area contributed by atoms with E-state index < -0.39 is 23.9 Å². The topological polar surface area (TPSA) is 52.3 Å². The number of hydrogen-bond donors (Lipinski definition) is 1. The maximum absolute atomic E-state index is 12.3. The van der Waals surface area contributed by atoms with Crippen molar-refractivity contribution in [2.45, 2.75) is 37.6 Å². The number of esters is 1. The fourth-order valence-electron chi connectivity index (χ4n) is 1.81. The summed E-state index contributed by atoms with van der Waals surface area (Å²) in [4.78, 5) is 11.2. The molecule has 0 unspecified atom stereocenters. The van der Waals surface area contributed by atoms with E-state index in [9.17, 15) is 13.6 Å². The number of carbonyl (C=O) groups excluding carboxylic acids is 1. The molecule has 2 N–H and O–H groups in total. The number of ether oxygens (including phenoxy) is 1. The number of rotatable bonds is 2. The fraction of sp³-hybridized carbons (Fsp3) is 0.889. The lowest BCUT2D eigenvalue weighted by atomic mass is 9.77. The molecule has 0 atom stereocenters. The van der Waals surface area contributed by atoms with Gasteiger partial charge in [-0.3, -0.25) is 4.79 Å². The molecule has 0 aromatic heterocycles. The summed E-state index contributed by atoms with van der Waals surface area (Å²) >= 11 is 0. The number of alkyl halides is 2. The van der Waals surface area contributed by atoms with Crippen molar-refractivity contribution < 1.29 is 18.3 Å². The van der Waals surface area contributed by atoms with E-state index in [2.05, 4.69) is 4.74 Å². The Morgan fingerprint density at radius 2 is 2.00 bits per heavy atom. The van der Waals surface area contributed by atoms with Gasteiger partial charge in [0.2, 0.25) is 6.43 Å². The van der Waals surface area contributed by atoms with Gasteiger partial charge in [-0.15, -0.1) is 0 Å². The predicted molar refractivity (Wildman–Crippen MR) is 46.9 cm³/mol. The molecular weight excluding hydrogens is 192 g/mol. The van der Waals surface area contributed by atoms with E-state index in [-0.39, 0.29) is 12.8 Å². The third-order valence-electron chi connectivity index (χ3n) is 2.87. The zero-order valence-electron chi connectivity index (χ0n) is 8.13. The smallest absolute Gasteiger partial charge is 0.325 e. The molecule has 1 aliphatic rings. The molecular formula is C9H15F2NO2. The van der Waals surface area contributed by atoms with Crippen molar-refractivity contribution in [3.8, 4) is 0 Å². The summed E-state index contributed by atoms with van der Waals surface area (Å²) in [6.45, 7) is 0. The van der Waals surface area contributed by atoms with Crippen LogP contribution in [-0.2, 0) is 9.53 Å². The molecule has 0 radical (unpaired) electrons. The highest BCUT2D eigenvalue weighted by Gasteiger charge is 2.41. The van der Waals surface area contributed by atoms with Gasteiger partial charge in [-0.1, -0.05) is 0 Å². The molecule has 82 valence electrons. The molecule has 0 aromatic carbocycles. The first-order valence-corrected chi connectivity index (χ1v) is 4.65. The van der Waals surface area contributed by atoms with Crippen molar-refractivity contribution in [1.29, 1.82) is 0 Å². The van der Waals surface area contributed by atoms with Crippen molar-refractivity contribution in [1.82, 2.24) is 0 Å². The summed E-state index contributed by atoms with van der Waals surface area (Å²) in [5.74, 6) is -1.11. The number of carbonyl (C=O) groups is 1. The summed E-state index contributed by atoms with van der Waals surface area (Å²) in [6.07, 6.45) is -1.15. The van der Waals surface area contributed by atoms with Crippen LogP contribution in [0.5, 0.6) is 0 Å². The van der Waals surface area contributed by atoms with Crippen LogP contribution in [0, 0.1) is 5.92 Å². The molecule has 1 rings (SSSR count). The minimum atomic E-state index is -2.31. The summed E-state index contributed by atoms with van der Waals surface area (Å²) in [6, 6.07) is 0. The zero-order chi connectivity index (χ0) is 10.8. The van der Waals surface area contributed by atoms with Gasteiger partial charge in [0.05, 0.1) is 7.11 Å². The second kappa shape index (κ2) is 4.21. The van der Waals surface area contributed by atoms with Crippen LogP contribution in [0.4, 0.5) is 8.78 Å². The fourth-order valence-corrected chi connectivity index (χ4v) is 1.81.